The van der Waals surface area contributed by atoms with E-state index in [0.717, 1.165) is 33.4 Å². The Balaban J connectivity index is 1.86. The quantitative estimate of drug-likeness (QED) is 0.395. The third-order valence-corrected chi connectivity index (χ3v) is 7.21. The van der Waals surface area contributed by atoms with Gasteiger partial charge in [0.15, 0.2) is 0 Å². The fraction of sp³-hybridized carbons (Fsp3) is 0.0769. The van der Waals surface area contributed by atoms with E-state index in [1.807, 2.05) is 98.8 Å². The van der Waals surface area contributed by atoms with Gasteiger partial charge in [0.05, 0.1) is 9.79 Å². The molecule has 0 radical (unpaired) electrons. The topological polar surface area (TPSA) is 34.1 Å². The van der Waals surface area contributed by atoms with E-state index in [0.29, 0.717) is 9.79 Å². The van der Waals surface area contributed by atoms with Crippen LogP contribution in [0.15, 0.2) is 107 Å². The van der Waals surface area contributed by atoms with Crippen LogP contribution in [0.2, 0.25) is 0 Å². The molecule has 0 unspecified atom stereocenters. The van der Waals surface area contributed by atoms with Gasteiger partial charge in [-0.05, 0) is 59.4 Å². The standard InChI is InChI=1S/C26H22O2S/c1-19-13-15-23(21-9-5-3-6-10-21)17-25(19)29(27,28)26-18-24(16-14-20(26)2)22-11-7-4-8-12-22/h3-18H,1-2H3. The Morgan fingerprint density at radius 3 is 1.24 bits per heavy atom. The fourth-order valence-corrected chi connectivity index (χ4v) is 5.30. The summed E-state index contributed by atoms with van der Waals surface area (Å²) in [6.07, 6.45) is 0. The summed E-state index contributed by atoms with van der Waals surface area (Å²) in [5.41, 5.74) is 5.28. The molecule has 0 saturated heterocycles. The zero-order valence-corrected chi connectivity index (χ0v) is 17.3. The van der Waals surface area contributed by atoms with E-state index in [1.165, 1.54) is 0 Å². The van der Waals surface area contributed by atoms with Gasteiger partial charge in [-0.25, -0.2) is 8.42 Å². The molecule has 0 N–H and O–H groups in total. The van der Waals surface area contributed by atoms with E-state index in [9.17, 15) is 8.42 Å². The third-order valence-electron chi connectivity index (χ3n) is 5.17. The molecule has 4 aromatic carbocycles. The summed E-state index contributed by atoms with van der Waals surface area (Å²) in [5.74, 6) is 0. The van der Waals surface area contributed by atoms with Gasteiger partial charge in [-0.15, -0.1) is 0 Å². The Hall–Kier alpha value is -3.17. The molecule has 0 amide bonds. The van der Waals surface area contributed by atoms with Crippen LogP contribution in [0.3, 0.4) is 0 Å². The highest BCUT2D eigenvalue weighted by Gasteiger charge is 2.23. The van der Waals surface area contributed by atoms with Crippen LogP contribution < -0.4 is 0 Å². The summed E-state index contributed by atoms with van der Waals surface area (Å²) < 4.78 is 27.3. The van der Waals surface area contributed by atoms with Crippen molar-refractivity contribution in [2.75, 3.05) is 0 Å². The average Bonchev–Trinajstić information content (AvgIpc) is 2.75. The third kappa shape index (κ3) is 3.74. The number of benzene rings is 4. The van der Waals surface area contributed by atoms with Crippen molar-refractivity contribution in [2.24, 2.45) is 0 Å². The van der Waals surface area contributed by atoms with Crippen LogP contribution in [0.25, 0.3) is 22.3 Å². The molecule has 0 aliphatic heterocycles. The molecule has 144 valence electrons. The van der Waals surface area contributed by atoms with Crippen molar-refractivity contribution in [3.8, 4) is 22.3 Å². The van der Waals surface area contributed by atoms with Crippen LogP contribution in [-0.4, -0.2) is 8.42 Å². The first kappa shape index (κ1) is 19.2. The number of sulfone groups is 1. The first-order valence-electron chi connectivity index (χ1n) is 9.54. The lowest BCUT2D eigenvalue weighted by atomic mass is 10.0. The molecule has 2 nitrogen and oxygen atoms in total. The highest BCUT2D eigenvalue weighted by atomic mass is 32.2. The van der Waals surface area contributed by atoms with Gasteiger partial charge in [0.25, 0.3) is 0 Å². The summed E-state index contributed by atoms with van der Waals surface area (Å²) in [6, 6.07) is 31.0. The maximum Gasteiger partial charge on any atom is 0.207 e. The van der Waals surface area contributed by atoms with Crippen molar-refractivity contribution >= 4 is 9.84 Å². The molecule has 3 heteroatoms. The van der Waals surface area contributed by atoms with Crippen LogP contribution in [0.1, 0.15) is 11.1 Å². The minimum atomic E-state index is -3.66. The van der Waals surface area contributed by atoms with Gasteiger partial charge in [0.1, 0.15) is 0 Å². The van der Waals surface area contributed by atoms with Crippen LogP contribution in [0.5, 0.6) is 0 Å². The SMILES string of the molecule is Cc1ccc(-c2ccccc2)cc1S(=O)(=O)c1cc(-c2ccccc2)ccc1C. The number of hydrogen-bond donors (Lipinski definition) is 0. The molecule has 0 aliphatic rings. The predicted molar refractivity (Wildman–Crippen MR) is 119 cm³/mol. The smallest absolute Gasteiger partial charge is 0.207 e. The Labute approximate surface area is 172 Å². The Morgan fingerprint density at radius 1 is 0.483 bits per heavy atom. The maximum atomic E-state index is 13.6. The zero-order valence-electron chi connectivity index (χ0n) is 16.5. The van der Waals surface area contributed by atoms with Gasteiger partial charge in [0, 0.05) is 0 Å². The number of hydrogen-bond acceptors (Lipinski definition) is 2. The van der Waals surface area contributed by atoms with Gasteiger partial charge < -0.3 is 0 Å². The average molecular weight is 399 g/mol. The van der Waals surface area contributed by atoms with Gasteiger partial charge >= 0.3 is 0 Å². The minimum Gasteiger partial charge on any atom is -0.218 e. The van der Waals surface area contributed by atoms with Gasteiger partial charge in [-0.1, -0.05) is 84.9 Å². The zero-order chi connectivity index (χ0) is 20.4. The normalized spacial score (nSPS) is 11.4. The van der Waals surface area contributed by atoms with Gasteiger partial charge in [-0.3, -0.25) is 0 Å². The first-order chi connectivity index (χ1) is 14.0. The van der Waals surface area contributed by atoms with Crippen molar-refractivity contribution in [3.05, 3.63) is 108 Å². The fourth-order valence-electron chi connectivity index (χ4n) is 3.52. The van der Waals surface area contributed by atoms with Crippen molar-refractivity contribution < 1.29 is 8.42 Å². The second-order valence-electron chi connectivity index (χ2n) is 7.20. The van der Waals surface area contributed by atoms with Crippen LogP contribution in [-0.2, 0) is 9.84 Å². The highest BCUT2D eigenvalue weighted by Crippen LogP contribution is 2.32. The predicted octanol–water partition coefficient (Wildman–Crippen LogP) is 6.47. The van der Waals surface area contributed by atoms with Crippen molar-refractivity contribution in [2.45, 2.75) is 23.6 Å². The monoisotopic (exact) mass is 398 g/mol. The molecular formula is C26H22O2S. The van der Waals surface area contributed by atoms with E-state index in [4.69, 9.17) is 0 Å². The van der Waals surface area contributed by atoms with E-state index in [1.54, 1.807) is 12.1 Å². The van der Waals surface area contributed by atoms with E-state index >= 15 is 0 Å². The second kappa shape index (κ2) is 7.69. The van der Waals surface area contributed by atoms with Crippen LogP contribution in [0, 0.1) is 13.8 Å². The Kier molecular flexibility index (Phi) is 5.08. The maximum absolute atomic E-state index is 13.6. The summed E-state index contributed by atoms with van der Waals surface area (Å²) in [4.78, 5) is 0.708. The lowest BCUT2D eigenvalue weighted by Gasteiger charge is -2.14. The molecule has 0 fully saturated rings. The van der Waals surface area contributed by atoms with Crippen molar-refractivity contribution in [1.29, 1.82) is 0 Å². The van der Waals surface area contributed by atoms with E-state index < -0.39 is 9.84 Å². The number of rotatable bonds is 4. The molecule has 4 aromatic rings. The van der Waals surface area contributed by atoms with Gasteiger partial charge in [0.2, 0.25) is 9.84 Å². The molecule has 0 atom stereocenters. The molecule has 0 saturated carbocycles. The molecule has 0 bridgehead atoms. The molecule has 4 rings (SSSR count). The van der Waals surface area contributed by atoms with E-state index in [2.05, 4.69) is 0 Å². The lowest BCUT2D eigenvalue weighted by molar-refractivity contribution is 0.595. The van der Waals surface area contributed by atoms with Crippen LogP contribution >= 0.6 is 0 Å². The van der Waals surface area contributed by atoms with Gasteiger partial charge in [-0.2, -0.15) is 0 Å². The molecular weight excluding hydrogens is 376 g/mol. The minimum absolute atomic E-state index is 0.354. The summed E-state index contributed by atoms with van der Waals surface area (Å²) >= 11 is 0. The largest absolute Gasteiger partial charge is 0.218 e. The Morgan fingerprint density at radius 2 is 0.862 bits per heavy atom. The second-order valence-corrected chi connectivity index (χ2v) is 9.08. The molecule has 29 heavy (non-hydrogen) atoms. The first-order valence-corrected chi connectivity index (χ1v) is 11.0. The lowest BCUT2D eigenvalue weighted by Crippen LogP contribution is -2.07. The molecule has 0 aromatic heterocycles. The highest BCUT2D eigenvalue weighted by molar-refractivity contribution is 7.91. The summed E-state index contributed by atoms with van der Waals surface area (Å²) in [6.45, 7) is 3.69. The summed E-state index contributed by atoms with van der Waals surface area (Å²) in [7, 11) is -3.66. The summed E-state index contributed by atoms with van der Waals surface area (Å²) in [5, 5.41) is 0. The molecule has 0 spiro atoms. The molecule has 0 heterocycles. The van der Waals surface area contributed by atoms with E-state index in [-0.39, 0.29) is 0 Å². The van der Waals surface area contributed by atoms with Crippen LogP contribution in [0.4, 0.5) is 0 Å². The molecule has 0 aliphatic carbocycles. The number of aryl methyl sites for hydroxylation is 2. The Bertz CT molecular complexity index is 1160. The van der Waals surface area contributed by atoms with Crippen molar-refractivity contribution in [1.82, 2.24) is 0 Å². The van der Waals surface area contributed by atoms with Crippen molar-refractivity contribution in [3.63, 3.8) is 0 Å².